The predicted octanol–water partition coefficient (Wildman–Crippen LogP) is 2.64. The van der Waals surface area contributed by atoms with Crippen molar-refractivity contribution in [3.63, 3.8) is 0 Å². The number of carbonyl (C=O) groups is 1. The summed E-state index contributed by atoms with van der Waals surface area (Å²) in [6, 6.07) is 12.4. The highest BCUT2D eigenvalue weighted by Gasteiger charge is 2.16. The smallest absolute Gasteiger partial charge is 0.259 e. The summed E-state index contributed by atoms with van der Waals surface area (Å²) in [5.41, 5.74) is 6.69. The first kappa shape index (κ1) is 13.0. The molecule has 6 heteroatoms. The van der Waals surface area contributed by atoms with Crippen LogP contribution in [0.25, 0.3) is 22.8 Å². The van der Waals surface area contributed by atoms with Crippen molar-refractivity contribution >= 4 is 5.91 Å². The van der Waals surface area contributed by atoms with Crippen LogP contribution in [0.2, 0.25) is 0 Å². The van der Waals surface area contributed by atoms with E-state index in [1.165, 1.54) is 12.1 Å². The van der Waals surface area contributed by atoms with Crippen LogP contribution in [0.4, 0.5) is 4.39 Å². The number of halogens is 1. The van der Waals surface area contributed by atoms with E-state index in [9.17, 15) is 9.18 Å². The minimum absolute atomic E-state index is 0.184. The molecule has 0 aliphatic rings. The second-order valence-corrected chi connectivity index (χ2v) is 4.34. The van der Waals surface area contributed by atoms with E-state index in [1.807, 2.05) is 0 Å². The summed E-state index contributed by atoms with van der Waals surface area (Å²) < 4.78 is 18.1. The predicted molar refractivity (Wildman–Crippen MR) is 73.6 cm³/mol. The maximum atomic E-state index is 12.9. The Hall–Kier alpha value is -3.02. The largest absolute Gasteiger partial charge is 0.366 e. The first-order valence-corrected chi connectivity index (χ1v) is 6.14. The molecule has 2 aromatic carbocycles. The highest BCUT2D eigenvalue weighted by atomic mass is 19.1. The Morgan fingerprint density at radius 3 is 2.52 bits per heavy atom. The quantitative estimate of drug-likeness (QED) is 0.801. The summed E-state index contributed by atoms with van der Waals surface area (Å²) in [4.78, 5) is 15.6. The van der Waals surface area contributed by atoms with Gasteiger partial charge in [0.05, 0.1) is 11.1 Å². The van der Waals surface area contributed by atoms with Gasteiger partial charge in [-0.05, 0) is 36.4 Å². The number of hydrogen-bond donors (Lipinski definition) is 1. The molecule has 0 bridgehead atoms. The van der Waals surface area contributed by atoms with Gasteiger partial charge in [-0.2, -0.15) is 4.98 Å². The van der Waals surface area contributed by atoms with Crippen molar-refractivity contribution in [1.82, 2.24) is 10.1 Å². The lowest BCUT2D eigenvalue weighted by Gasteiger charge is -2.00. The molecule has 0 unspecified atom stereocenters. The van der Waals surface area contributed by atoms with E-state index < -0.39 is 5.91 Å². The summed E-state index contributed by atoms with van der Waals surface area (Å²) in [5.74, 6) is -0.429. The normalized spacial score (nSPS) is 10.5. The lowest BCUT2D eigenvalue weighted by molar-refractivity contribution is 0.100. The topological polar surface area (TPSA) is 82.0 Å². The Kier molecular flexibility index (Phi) is 3.19. The number of rotatable bonds is 3. The van der Waals surface area contributed by atoms with Gasteiger partial charge in [0.2, 0.25) is 11.7 Å². The zero-order valence-corrected chi connectivity index (χ0v) is 10.8. The van der Waals surface area contributed by atoms with Gasteiger partial charge in [0, 0.05) is 5.56 Å². The summed E-state index contributed by atoms with van der Waals surface area (Å²) in [6.45, 7) is 0. The molecule has 0 radical (unpaired) electrons. The zero-order chi connectivity index (χ0) is 14.8. The van der Waals surface area contributed by atoms with Crippen LogP contribution < -0.4 is 5.73 Å². The molecule has 3 aromatic rings. The molecule has 0 saturated heterocycles. The number of primary amides is 1. The fourth-order valence-electron chi connectivity index (χ4n) is 1.93. The third-order valence-corrected chi connectivity index (χ3v) is 2.95. The van der Waals surface area contributed by atoms with Gasteiger partial charge in [0.1, 0.15) is 5.82 Å². The number of aromatic nitrogens is 2. The van der Waals surface area contributed by atoms with E-state index >= 15 is 0 Å². The van der Waals surface area contributed by atoms with E-state index in [0.717, 1.165) is 0 Å². The van der Waals surface area contributed by atoms with Crippen molar-refractivity contribution in [3.8, 4) is 22.8 Å². The van der Waals surface area contributed by atoms with E-state index in [0.29, 0.717) is 22.5 Å². The molecule has 2 N–H and O–H groups in total. The molecule has 0 aliphatic carbocycles. The Morgan fingerprint density at radius 1 is 1.10 bits per heavy atom. The molecule has 0 aliphatic heterocycles. The number of nitrogens with two attached hydrogens (primary N) is 1. The number of benzene rings is 2. The maximum Gasteiger partial charge on any atom is 0.259 e. The summed E-state index contributed by atoms with van der Waals surface area (Å²) in [6.07, 6.45) is 0. The number of carbonyl (C=O) groups excluding carboxylic acids is 1. The van der Waals surface area contributed by atoms with Crippen molar-refractivity contribution < 1.29 is 13.7 Å². The fourth-order valence-corrected chi connectivity index (χ4v) is 1.93. The third-order valence-electron chi connectivity index (χ3n) is 2.95. The van der Waals surface area contributed by atoms with E-state index in [1.54, 1.807) is 36.4 Å². The zero-order valence-electron chi connectivity index (χ0n) is 10.8. The van der Waals surface area contributed by atoms with Crippen LogP contribution in [0.15, 0.2) is 53.1 Å². The van der Waals surface area contributed by atoms with Crippen LogP contribution in [0.3, 0.4) is 0 Å². The van der Waals surface area contributed by atoms with E-state index in [-0.39, 0.29) is 11.7 Å². The van der Waals surface area contributed by atoms with Crippen LogP contribution >= 0.6 is 0 Å². The van der Waals surface area contributed by atoms with Crippen LogP contribution in [0, 0.1) is 5.82 Å². The molecule has 21 heavy (non-hydrogen) atoms. The van der Waals surface area contributed by atoms with Gasteiger partial charge < -0.3 is 10.3 Å². The second kappa shape index (κ2) is 5.16. The minimum atomic E-state index is -0.577. The van der Waals surface area contributed by atoms with Gasteiger partial charge in [-0.1, -0.05) is 17.3 Å². The lowest BCUT2D eigenvalue weighted by atomic mass is 10.1. The van der Waals surface area contributed by atoms with E-state index in [4.69, 9.17) is 10.3 Å². The molecule has 0 atom stereocenters. The Morgan fingerprint density at radius 2 is 1.81 bits per heavy atom. The second-order valence-electron chi connectivity index (χ2n) is 4.34. The van der Waals surface area contributed by atoms with Crippen molar-refractivity contribution in [2.75, 3.05) is 0 Å². The standard InChI is InChI=1S/C15H10FN3O2/c16-10-7-5-9(6-8-10)14-18-15(21-19-14)12-4-2-1-3-11(12)13(17)20/h1-8H,(H2,17,20). The number of amides is 1. The molecule has 0 spiro atoms. The minimum Gasteiger partial charge on any atom is -0.366 e. The van der Waals surface area contributed by atoms with E-state index in [2.05, 4.69) is 10.1 Å². The van der Waals surface area contributed by atoms with Crippen molar-refractivity contribution in [2.24, 2.45) is 5.73 Å². The molecule has 104 valence electrons. The third kappa shape index (κ3) is 2.51. The van der Waals surface area contributed by atoms with Gasteiger partial charge in [0.25, 0.3) is 5.89 Å². The Balaban J connectivity index is 2.03. The van der Waals surface area contributed by atoms with Crippen LogP contribution in [0.1, 0.15) is 10.4 Å². The van der Waals surface area contributed by atoms with Gasteiger partial charge in [-0.15, -0.1) is 0 Å². The summed E-state index contributed by atoms with van der Waals surface area (Å²) in [5, 5.41) is 3.83. The van der Waals surface area contributed by atoms with Crippen LogP contribution in [-0.2, 0) is 0 Å². The highest BCUT2D eigenvalue weighted by molar-refractivity contribution is 5.98. The van der Waals surface area contributed by atoms with Crippen molar-refractivity contribution in [3.05, 3.63) is 59.9 Å². The van der Waals surface area contributed by atoms with Gasteiger partial charge in [-0.3, -0.25) is 4.79 Å². The SMILES string of the molecule is NC(=O)c1ccccc1-c1nc(-c2ccc(F)cc2)no1. The van der Waals surface area contributed by atoms with Gasteiger partial charge in [0.15, 0.2) is 0 Å². The number of nitrogens with zero attached hydrogens (tertiary/aromatic N) is 2. The van der Waals surface area contributed by atoms with Crippen LogP contribution in [0.5, 0.6) is 0 Å². The molecular weight excluding hydrogens is 273 g/mol. The monoisotopic (exact) mass is 283 g/mol. The average molecular weight is 283 g/mol. The molecule has 0 saturated carbocycles. The molecule has 3 rings (SSSR count). The molecule has 1 heterocycles. The molecule has 0 fully saturated rings. The maximum absolute atomic E-state index is 12.9. The Bertz CT molecular complexity index is 797. The van der Waals surface area contributed by atoms with Crippen molar-refractivity contribution in [2.45, 2.75) is 0 Å². The van der Waals surface area contributed by atoms with Gasteiger partial charge in [-0.25, -0.2) is 4.39 Å². The Labute approximate surface area is 119 Å². The molecule has 5 nitrogen and oxygen atoms in total. The fraction of sp³-hybridized carbons (Fsp3) is 0. The van der Waals surface area contributed by atoms with Gasteiger partial charge >= 0.3 is 0 Å². The summed E-state index contributed by atoms with van der Waals surface area (Å²) in [7, 11) is 0. The number of hydrogen-bond acceptors (Lipinski definition) is 4. The van der Waals surface area contributed by atoms with Crippen LogP contribution in [-0.4, -0.2) is 16.0 Å². The molecular formula is C15H10FN3O2. The highest BCUT2D eigenvalue weighted by Crippen LogP contribution is 2.25. The molecule has 1 aromatic heterocycles. The first-order chi connectivity index (χ1) is 10.1. The molecule has 1 amide bonds. The average Bonchev–Trinajstić information content (AvgIpc) is 2.97. The lowest BCUT2D eigenvalue weighted by Crippen LogP contribution is -2.12. The van der Waals surface area contributed by atoms with Crippen molar-refractivity contribution in [1.29, 1.82) is 0 Å². The first-order valence-electron chi connectivity index (χ1n) is 6.14. The summed E-state index contributed by atoms with van der Waals surface area (Å²) >= 11 is 0.